The number of rotatable bonds is 1. The fraction of sp³-hybridized carbons (Fsp3) is 0.222. The Balaban J connectivity index is 3.29. The maximum absolute atomic E-state index is 12.4. The van der Waals surface area contributed by atoms with E-state index in [0.717, 1.165) is 6.07 Å². The van der Waals surface area contributed by atoms with Gasteiger partial charge in [-0.25, -0.2) is 4.98 Å². The second-order valence-electron chi connectivity index (χ2n) is 2.64. The summed E-state index contributed by atoms with van der Waals surface area (Å²) in [6, 6.07) is 5.34. The molecule has 0 fully saturated rings. The molecule has 0 amide bonds. The lowest BCUT2D eigenvalue weighted by molar-refractivity contribution is -0.141. The predicted molar refractivity (Wildman–Crippen MR) is 43.3 cm³/mol. The minimum absolute atomic E-state index is 0.00354. The molecule has 0 unspecified atom stereocenters. The number of nitriles is 2. The summed E-state index contributed by atoms with van der Waals surface area (Å²) in [5, 5.41) is 16.8. The van der Waals surface area contributed by atoms with E-state index in [1.807, 2.05) is 0 Å². The van der Waals surface area contributed by atoms with E-state index in [0.29, 0.717) is 0 Å². The van der Waals surface area contributed by atoms with Crippen LogP contribution in [0.1, 0.15) is 17.0 Å². The first-order valence-electron chi connectivity index (χ1n) is 3.83. The molecule has 6 heteroatoms. The number of pyridine rings is 1. The number of hydrogen-bond acceptors (Lipinski definition) is 3. The van der Waals surface area contributed by atoms with Crippen molar-refractivity contribution in [1.82, 2.24) is 4.98 Å². The van der Waals surface area contributed by atoms with Gasteiger partial charge in [-0.1, -0.05) is 0 Å². The minimum Gasteiger partial charge on any atom is -0.246 e. The molecule has 0 aromatic carbocycles. The van der Waals surface area contributed by atoms with Gasteiger partial charge in [-0.3, -0.25) is 0 Å². The Hall–Kier alpha value is -2.08. The fourth-order valence-corrected chi connectivity index (χ4v) is 0.985. The zero-order valence-corrected chi connectivity index (χ0v) is 7.34. The number of alkyl halides is 3. The average Bonchev–Trinajstić information content (AvgIpc) is 2.17. The second kappa shape index (κ2) is 3.97. The molecular formula is C9H4F3N3. The summed E-state index contributed by atoms with van der Waals surface area (Å²) in [5.74, 6) is 0. The van der Waals surface area contributed by atoms with Crippen LogP contribution in [0.3, 0.4) is 0 Å². The topological polar surface area (TPSA) is 60.5 Å². The molecule has 76 valence electrons. The first-order valence-corrected chi connectivity index (χ1v) is 3.83. The lowest BCUT2D eigenvalue weighted by atomic mass is 10.1. The number of halogens is 3. The molecule has 0 atom stereocenters. The summed E-state index contributed by atoms with van der Waals surface area (Å²) in [4.78, 5) is 3.23. The van der Waals surface area contributed by atoms with Gasteiger partial charge in [-0.05, 0) is 12.1 Å². The lowest BCUT2D eigenvalue weighted by Crippen LogP contribution is -2.12. The highest BCUT2D eigenvalue weighted by atomic mass is 19.4. The molecule has 0 bridgehead atoms. The summed E-state index contributed by atoms with van der Waals surface area (Å²) < 4.78 is 37.1. The third-order valence-electron chi connectivity index (χ3n) is 1.60. The zero-order valence-electron chi connectivity index (χ0n) is 7.34. The van der Waals surface area contributed by atoms with E-state index in [-0.39, 0.29) is 12.1 Å². The molecule has 1 aromatic rings. The van der Waals surface area contributed by atoms with Crippen LogP contribution in [0, 0.1) is 22.7 Å². The largest absolute Gasteiger partial charge is 0.434 e. The van der Waals surface area contributed by atoms with Crippen LogP contribution in [-0.4, -0.2) is 4.98 Å². The summed E-state index contributed by atoms with van der Waals surface area (Å²) in [6.45, 7) is 0. The third-order valence-corrected chi connectivity index (χ3v) is 1.60. The molecule has 0 aliphatic rings. The average molecular weight is 211 g/mol. The molecule has 0 N–H and O–H groups in total. The second-order valence-corrected chi connectivity index (χ2v) is 2.64. The molecule has 0 aliphatic heterocycles. The van der Waals surface area contributed by atoms with Crippen molar-refractivity contribution in [2.24, 2.45) is 0 Å². The van der Waals surface area contributed by atoms with Gasteiger partial charge in [0.1, 0.15) is 6.07 Å². The highest BCUT2D eigenvalue weighted by molar-refractivity contribution is 5.36. The Bertz CT molecular complexity index is 451. The monoisotopic (exact) mass is 211 g/mol. The maximum Gasteiger partial charge on any atom is 0.434 e. The molecule has 15 heavy (non-hydrogen) atoms. The molecule has 0 saturated carbocycles. The summed E-state index contributed by atoms with van der Waals surface area (Å²) in [5.41, 5.74) is -1.77. The smallest absolute Gasteiger partial charge is 0.246 e. The van der Waals surface area contributed by atoms with Gasteiger partial charge in [0.25, 0.3) is 0 Å². The van der Waals surface area contributed by atoms with Crippen LogP contribution in [0.5, 0.6) is 0 Å². The Morgan fingerprint density at radius 1 is 1.27 bits per heavy atom. The normalized spacial score (nSPS) is 10.5. The van der Waals surface area contributed by atoms with Crippen molar-refractivity contribution >= 4 is 0 Å². The Labute approximate surface area is 83.4 Å². The van der Waals surface area contributed by atoms with Crippen LogP contribution in [0.15, 0.2) is 12.1 Å². The summed E-state index contributed by atoms with van der Waals surface area (Å²) >= 11 is 0. The van der Waals surface area contributed by atoms with Crippen molar-refractivity contribution in [3.8, 4) is 12.1 Å². The van der Waals surface area contributed by atoms with E-state index in [1.54, 1.807) is 6.07 Å². The quantitative estimate of drug-likeness (QED) is 0.714. The van der Waals surface area contributed by atoms with E-state index in [4.69, 9.17) is 10.5 Å². The molecule has 0 aliphatic carbocycles. The third kappa shape index (κ3) is 2.44. The van der Waals surface area contributed by atoms with E-state index < -0.39 is 17.4 Å². The Morgan fingerprint density at radius 3 is 2.40 bits per heavy atom. The van der Waals surface area contributed by atoms with Gasteiger partial charge in [-0.15, -0.1) is 0 Å². The lowest BCUT2D eigenvalue weighted by Gasteiger charge is -2.08. The zero-order chi connectivity index (χ0) is 11.5. The molecule has 3 nitrogen and oxygen atoms in total. The number of nitrogens with zero attached hydrogens (tertiary/aromatic N) is 3. The first kappa shape index (κ1) is 11.0. The standard InChI is InChI=1S/C9H4F3N3/c10-9(11,12)8-6(5-14)1-2-7(15-8)3-4-13/h1-2H,3H2. The van der Waals surface area contributed by atoms with E-state index >= 15 is 0 Å². The molecular weight excluding hydrogens is 207 g/mol. The van der Waals surface area contributed by atoms with Gasteiger partial charge in [0.15, 0.2) is 5.69 Å². The van der Waals surface area contributed by atoms with Crippen LogP contribution in [-0.2, 0) is 12.6 Å². The summed E-state index contributed by atoms with van der Waals surface area (Å²) in [7, 11) is 0. The van der Waals surface area contributed by atoms with Crippen molar-refractivity contribution < 1.29 is 13.2 Å². The Kier molecular flexibility index (Phi) is 2.91. The van der Waals surface area contributed by atoms with Crippen molar-refractivity contribution in [1.29, 1.82) is 10.5 Å². The maximum atomic E-state index is 12.4. The van der Waals surface area contributed by atoms with Crippen LogP contribution >= 0.6 is 0 Å². The number of hydrogen-bond donors (Lipinski definition) is 0. The van der Waals surface area contributed by atoms with Gasteiger partial charge in [0, 0.05) is 0 Å². The molecule has 0 saturated heterocycles. The van der Waals surface area contributed by atoms with Crippen molar-refractivity contribution in [3.05, 3.63) is 29.1 Å². The van der Waals surface area contributed by atoms with Crippen molar-refractivity contribution in [2.75, 3.05) is 0 Å². The van der Waals surface area contributed by atoms with Gasteiger partial charge in [0.2, 0.25) is 0 Å². The molecule has 1 rings (SSSR count). The SMILES string of the molecule is N#CCc1ccc(C#N)c(C(F)(F)F)n1. The van der Waals surface area contributed by atoms with Gasteiger partial charge in [0.05, 0.1) is 23.7 Å². The minimum atomic E-state index is -4.67. The van der Waals surface area contributed by atoms with E-state index in [1.165, 1.54) is 12.1 Å². The van der Waals surface area contributed by atoms with Gasteiger partial charge < -0.3 is 0 Å². The molecule has 1 heterocycles. The molecule has 0 radical (unpaired) electrons. The summed E-state index contributed by atoms with van der Waals surface area (Å²) in [6.07, 6.45) is -4.88. The van der Waals surface area contributed by atoms with Gasteiger partial charge >= 0.3 is 6.18 Å². The van der Waals surface area contributed by atoms with Crippen LogP contribution in [0.25, 0.3) is 0 Å². The highest BCUT2D eigenvalue weighted by Gasteiger charge is 2.35. The van der Waals surface area contributed by atoms with Gasteiger partial charge in [-0.2, -0.15) is 23.7 Å². The van der Waals surface area contributed by atoms with E-state index in [2.05, 4.69) is 4.98 Å². The van der Waals surface area contributed by atoms with E-state index in [9.17, 15) is 13.2 Å². The van der Waals surface area contributed by atoms with Crippen molar-refractivity contribution in [3.63, 3.8) is 0 Å². The Morgan fingerprint density at radius 2 is 1.93 bits per heavy atom. The van der Waals surface area contributed by atoms with Crippen LogP contribution < -0.4 is 0 Å². The molecule has 1 aromatic heterocycles. The molecule has 0 spiro atoms. The van der Waals surface area contributed by atoms with Crippen LogP contribution in [0.4, 0.5) is 13.2 Å². The predicted octanol–water partition coefficient (Wildman–Crippen LogP) is 2.04. The first-order chi connectivity index (χ1) is 6.99. The highest BCUT2D eigenvalue weighted by Crippen LogP contribution is 2.30. The fourth-order valence-electron chi connectivity index (χ4n) is 0.985. The van der Waals surface area contributed by atoms with Crippen LogP contribution in [0.2, 0.25) is 0 Å². The van der Waals surface area contributed by atoms with Crippen molar-refractivity contribution in [2.45, 2.75) is 12.6 Å². The number of aromatic nitrogens is 1.